The van der Waals surface area contributed by atoms with E-state index in [4.69, 9.17) is 0 Å². The summed E-state index contributed by atoms with van der Waals surface area (Å²) in [5.41, 5.74) is 3.99. The number of benzene rings is 4. The van der Waals surface area contributed by atoms with Gasteiger partial charge in [0.1, 0.15) is 0 Å². The van der Waals surface area contributed by atoms with E-state index in [0.717, 1.165) is 34.4 Å². The number of hydrogen-bond donors (Lipinski definition) is 1. The molecule has 40 heavy (non-hydrogen) atoms. The van der Waals surface area contributed by atoms with Crippen LogP contribution in [0.1, 0.15) is 50.0 Å². The Kier molecular flexibility index (Phi) is 5.26. The zero-order valence-electron chi connectivity index (χ0n) is 20.9. The van der Waals surface area contributed by atoms with Crippen molar-refractivity contribution >= 4 is 29.1 Å². The standard InChI is InChI=1S/C32H21F3N2O3/c33-32(34,35)18-6-5-7-19(16-18)36-29(38)17-12-14-20(15-13-17)37-30(39)27-25-21-8-1-2-9-22(21)26(28(27)31(37)40)24-11-4-3-10-23(24)25/h1-16,25-28H,(H,36,38). The Morgan fingerprint density at radius 2 is 1.18 bits per heavy atom. The van der Waals surface area contributed by atoms with Gasteiger partial charge in [-0.1, -0.05) is 54.6 Å². The summed E-state index contributed by atoms with van der Waals surface area (Å²) in [5.74, 6) is -2.63. The minimum Gasteiger partial charge on any atom is -0.322 e. The molecule has 1 N–H and O–H groups in total. The van der Waals surface area contributed by atoms with Crippen LogP contribution in [0.3, 0.4) is 0 Å². The Balaban J connectivity index is 1.18. The SMILES string of the molecule is O=C(Nc1cccc(C(F)(F)F)c1)c1ccc(N2C(=O)C3C4c5ccccc5C(c5ccccc54)C3C2=O)cc1. The van der Waals surface area contributed by atoms with Gasteiger partial charge in [0, 0.05) is 23.1 Å². The van der Waals surface area contributed by atoms with Crippen molar-refractivity contribution in [3.05, 3.63) is 130 Å². The monoisotopic (exact) mass is 538 g/mol. The molecule has 0 spiro atoms. The number of rotatable bonds is 3. The maximum Gasteiger partial charge on any atom is 0.416 e. The summed E-state index contributed by atoms with van der Waals surface area (Å²) in [5, 5.41) is 2.47. The first-order chi connectivity index (χ1) is 19.2. The molecule has 198 valence electrons. The highest BCUT2D eigenvalue weighted by Gasteiger charge is 2.61. The predicted octanol–water partition coefficient (Wildman–Crippen LogP) is 6.35. The molecule has 1 fully saturated rings. The van der Waals surface area contributed by atoms with E-state index in [1.807, 2.05) is 48.5 Å². The van der Waals surface area contributed by atoms with Crippen LogP contribution in [0.2, 0.25) is 0 Å². The van der Waals surface area contributed by atoms with Crippen molar-refractivity contribution in [3.63, 3.8) is 0 Å². The van der Waals surface area contributed by atoms with Gasteiger partial charge in [0.25, 0.3) is 5.91 Å². The maximum absolute atomic E-state index is 13.9. The molecule has 2 unspecified atom stereocenters. The highest BCUT2D eigenvalue weighted by Crippen LogP contribution is 2.61. The molecule has 1 aliphatic heterocycles. The zero-order chi connectivity index (χ0) is 27.8. The van der Waals surface area contributed by atoms with Crippen LogP contribution in [-0.4, -0.2) is 17.7 Å². The molecule has 0 radical (unpaired) electrons. The van der Waals surface area contributed by atoms with E-state index in [1.54, 1.807) is 0 Å². The van der Waals surface area contributed by atoms with Gasteiger partial charge in [-0.3, -0.25) is 14.4 Å². The zero-order valence-corrected chi connectivity index (χ0v) is 20.9. The Morgan fingerprint density at radius 3 is 1.65 bits per heavy atom. The number of imide groups is 1. The molecule has 2 bridgehead atoms. The van der Waals surface area contributed by atoms with Crippen LogP contribution in [0.4, 0.5) is 24.5 Å². The lowest BCUT2D eigenvalue weighted by molar-refractivity contribution is -0.137. The molecule has 4 aromatic carbocycles. The van der Waals surface area contributed by atoms with Gasteiger partial charge in [0.15, 0.2) is 0 Å². The molecule has 8 rings (SSSR count). The van der Waals surface area contributed by atoms with Crippen molar-refractivity contribution in [2.45, 2.75) is 18.0 Å². The van der Waals surface area contributed by atoms with E-state index < -0.39 is 29.5 Å². The molecule has 3 aliphatic carbocycles. The van der Waals surface area contributed by atoms with E-state index in [0.29, 0.717) is 5.69 Å². The molecule has 0 aromatic heterocycles. The summed E-state index contributed by atoms with van der Waals surface area (Å²) in [6.07, 6.45) is -4.53. The molecule has 3 amide bonds. The molecule has 4 aromatic rings. The number of carbonyl (C=O) groups is 3. The lowest BCUT2D eigenvalue weighted by Gasteiger charge is -2.45. The molecule has 2 atom stereocenters. The lowest BCUT2D eigenvalue weighted by atomic mass is 9.55. The fraction of sp³-hybridized carbons (Fsp3) is 0.156. The van der Waals surface area contributed by atoms with Crippen molar-refractivity contribution < 1.29 is 27.6 Å². The first-order valence-corrected chi connectivity index (χ1v) is 12.9. The third-order valence-electron chi connectivity index (χ3n) is 8.28. The molecule has 8 heteroatoms. The van der Waals surface area contributed by atoms with Crippen molar-refractivity contribution in [2.24, 2.45) is 11.8 Å². The molecular weight excluding hydrogens is 517 g/mol. The molecule has 1 saturated heterocycles. The Morgan fingerprint density at radius 1 is 0.675 bits per heavy atom. The minimum atomic E-state index is -4.53. The van der Waals surface area contributed by atoms with Gasteiger partial charge in [-0.2, -0.15) is 13.2 Å². The fourth-order valence-corrected chi connectivity index (χ4v) is 6.67. The Bertz CT molecular complexity index is 1600. The molecule has 1 heterocycles. The van der Waals surface area contributed by atoms with Gasteiger partial charge >= 0.3 is 6.18 Å². The average Bonchev–Trinajstić information content (AvgIpc) is 3.23. The normalized spacial score (nSPS) is 22.5. The minimum absolute atomic E-state index is 0.00693. The van der Waals surface area contributed by atoms with Crippen LogP contribution in [-0.2, 0) is 15.8 Å². The molecule has 4 aliphatic rings. The van der Waals surface area contributed by atoms with Gasteiger partial charge < -0.3 is 5.32 Å². The lowest BCUT2D eigenvalue weighted by Crippen LogP contribution is -2.41. The number of hydrogen-bond acceptors (Lipinski definition) is 3. The second-order valence-electron chi connectivity index (χ2n) is 10.4. The topological polar surface area (TPSA) is 66.5 Å². The van der Waals surface area contributed by atoms with Crippen molar-refractivity contribution in [1.29, 1.82) is 0 Å². The molecule has 0 saturated carbocycles. The van der Waals surface area contributed by atoms with Gasteiger partial charge in [0.2, 0.25) is 11.8 Å². The van der Waals surface area contributed by atoms with Crippen molar-refractivity contribution in [1.82, 2.24) is 0 Å². The summed E-state index contributed by atoms with van der Waals surface area (Å²) in [6, 6.07) is 26.3. The largest absolute Gasteiger partial charge is 0.416 e. The number of anilines is 2. The van der Waals surface area contributed by atoms with Crippen LogP contribution in [0.15, 0.2) is 97.1 Å². The highest BCUT2D eigenvalue weighted by atomic mass is 19.4. The Hall–Kier alpha value is -4.72. The summed E-state index contributed by atoms with van der Waals surface area (Å²) in [6.45, 7) is 0. The van der Waals surface area contributed by atoms with Crippen LogP contribution in [0, 0.1) is 11.8 Å². The van der Waals surface area contributed by atoms with Gasteiger partial charge in [-0.05, 0) is 64.7 Å². The van der Waals surface area contributed by atoms with Crippen LogP contribution >= 0.6 is 0 Å². The highest BCUT2D eigenvalue weighted by molar-refractivity contribution is 6.23. The predicted molar refractivity (Wildman–Crippen MR) is 142 cm³/mol. The van der Waals surface area contributed by atoms with E-state index in [9.17, 15) is 27.6 Å². The number of amides is 3. The fourth-order valence-electron chi connectivity index (χ4n) is 6.67. The van der Waals surface area contributed by atoms with Gasteiger partial charge in [-0.15, -0.1) is 0 Å². The number of nitrogens with one attached hydrogen (secondary N) is 1. The van der Waals surface area contributed by atoms with Crippen LogP contribution < -0.4 is 10.2 Å². The van der Waals surface area contributed by atoms with E-state index in [-0.39, 0.29) is 34.9 Å². The summed E-state index contributed by atoms with van der Waals surface area (Å²) in [4.78, 5) is 41.7. The quantitative estimate of drug-likeness (QED) is 0.309. The second-order valence-corrected chi connectivity index (χ2v) is 10.4. The van der Waals surface area contributed by atoms with Gasteiger partial charge in [0.05, 0.1) is 23.1 Å². The van der Waals surface area contributed by atoms with E-state index in [2.05, 4.69) is 5.32 Å². The smallest absolute Gasteiger partial charge is 0.322 e. The first-order valence-electron chi connectivity index (χ1n) is 12.9. The van der Waals surface area contributed by atoms with Crippen molar-refractivity contribution in [2.75, 3.05) is 10.2 Å². The molecular formula is C32H21F3N2O3. The number of halogens is 3. The summed E-state index contributed by atoms with van der Waals surface area (Å²) in [7, 11) is 0. The third-order valence-corrected chi connectivity index (χ3v) is 8.28. The third kappa shape index (κ3) is 3.52. The number of carbonyl (C=O) groups excluding carboxylic acids is 3. The van der Waals surface area contributed by atoms with E-state index >= 15 is 0 Å². The summed E-state index contributed by atoms with van der Waals surface area (Å²) < 4.78 is 39.1. The first kappa shape index (κ1) is 24.3. The van der Waals surface area contributed by atoms with Gasteiger partial charge in [-0.25, -0.2) is 4.90 Å². The van der Waals surface area contributed by atoms with E-state index in [1.165, 1.54) is 41.3 Å². The Labute approximate surface area is 227 Å². The van der Waals surface area contributed by atoms with Crippen LogP contribution in [0.25, 0.3) is 0 Å². The summed E-state index contributed by atoms with van der Waals surface area (Å²) >= 11 is 0. The number of nitrogens with zero attached hydrogens (tertiary/aromatic N) is 1. The second kappa shape index (κ2) is 8.64. The maximum atomic E-state index is 13.9. The number of alkyl halides is 3. The average molecular weight is 539 g/mol. The van der Waals surface area contributed by atoms with Crippen molar-refractivity contribution in [3.8, 4) is 0 Å². The van der Waals surface area contributed by atoms with Crippen LogP contribution in [0.5, 0.6) is 0 Å². The molecule has 5 nitrogen and oxygen atoms in total.